The molecular weight excluding hydrogens is 243 g/mol. The molecule has 1 aromatic carbocycles. The van der Waals surface area contributed by atoms with E-state index in [1.54, 1.807) is 30.6 Å². The van der Waals surface area contributed by atoms with E-state index in [4.69, 9.17) is 17.3 Å². The normalized spacial score (nSPS) is 11.8. The molecule has 0 unspecified atom stereocenters. The minimum atomic E-state index is -0.419. The van der Waals surface area contributed by atoms with Crippen molar-refractivity contribution >= 4 is 23.1 Å². The highest BCUT2D eigenvalue weighted by molar-refractivity contribution is 6.28. The number of aromatic nitrogens is 2. The average Bonchev–Trinajstić information content (AvgIpc) is 2.82. The topological polar surface area (TPSA) is 56.2 Å². The standard InChI is InChI=1S/C11H10ClFN4/c12-7-11(14)16-8-2-3-10(9(13)6-8)17-5-1-4-15-17/h1-6H,7H2,(H2,14,16). The summed E-state index contributed by atoms with van der Waals surface area (Å²) in [5.74, 6) is -0.0575. The number of nitrogens with two attached hydrogens (primary N) is 1. The maximum Gasteiger partial charge on any atom is 0.151 e. The van der Waals surface area contributed by atoms with Crippen molar-refractivity contribution in [3.8, 4) is 5.69 Å². The number of halogens is 2. The van der Waals surface area contributed by atoms with Crippen LogP contribution in [-0.4, -0.2) is 21.5 Å². The fraction of sp³-hybridized carbons (Fsp3) is 0.0909. The Labute approximate surface area is 103 Å². The lowest BCUT2D eigenvalue weighted by Gasteiger charge is -2.04. The molecule has 0 amide bonds. The average molecular weight is 253 g/mol. The monoisotopic (exact) mass is 252 g/mol. The highest BCUT2D eigenvalue weighted by atomic mass is 35.5. The molecule has 0 atom stereocenters. The van der Waals surface area contributed by atoms with Gasteiger partial charge in [0.2, 0.25) is 0 Å². The van der Waals surface area contributed by atoms with Gasteiger partial charge in [-0.15, -0.1) is 11.6 Å². The minimum Gasteiger partial charge on any atom is -0.386 e. The van der Waals surface area contributed by atoms with Gasteiger partial charge < -0.3 is 5.73 Å². The zero-order chi connectivity index (χ0) is 12.3. The Hall–Kier alpha value is -1.88. The second-order valence-electron chi connectivity index (χ2n) is 3.32. The van der Waals surface area contributed by atoms with Crippen LogP contribution >= 0.6 is 11.6 Å². The highest BCUT2D eigenvalue weighted by Crippen LogP contribution is 2.19. The number of hydrogen-bond acceptors (Lipinski definition) is 2. The molecule has 6 heteroatoms. The number of benzene rings is 1. The lowest BCUT2D eigenvalue weighted by atomic mass is 10.2. The Kier molecular flexibility index (Phi) is 3.39. The molecule has 1 heterocycles. The summed E-state index contributed by atoms with van der Waals surface area (Å²) in [6, 6.07) is 6.25. The van der Waals surface area contributed by atoms with Gasteiger partial charge in [-0.1, -0.05) is 0 Å². The van der Waals surface area contributed by atoms with Crippen molar-refractivity contribution in [1.82, 2.24) is 9.78 Å². The SMILES string of the molecule is NC(CCl)=Nc1ccc(-n2cccn2)c(F)c1. The van der Waals surface area contributed by atoms with E-state index in [0.29, 0.717) is 11.4 Å². The lowest BCUT2D eigenvalue weighted by molar-refractivity contribution is 0.611. The van der Waals surface area contributed by atoms with Crippen LogP contribution in [0.3, 0.4) is 0 Å². The van der Waals surface area contributed by atoms with Crippen molar-refractivity contribution in [1.29, 1.82) is 0 Å². The van der Waals surface area contributed by atoms with Gasteiger partial charge in [0.1, 0.15) is 11.5 Å². The van der Waals surface area contributed by atoms with Crippen LogP contribution < -0.4 is 5.73 Å². The van der Waals surface area contributed by atoms with Gasteiger partial charge in [-0.25, -0.2) is 14.1 Å². The third-order valence-electron chi connectivity index (χ3n) is 2.09. The molecule has 2 aromatic rings. The quantitative estimate of drug-likeness (QED) is 0.517. The summed E-state index contributed by atoms with van der Waals surface area (Å²) in [5, 5.41) is 3.95. The predicted molar refractivity (Wildman–Crippen MR) is 65.5 cm³/mol. The van der Waals surface area contributed by atoms with Gasteiger partial charge in [0.05, 0.1) is 11.6 Å². The maximum atomic E-state index is 13.8. The summed E-state index contributed by atoms with van der Waals surface area (Å²) in [7, 11) is 0. The van der Waals surface area contributed by atoms with Crippen molar-refractivity contribution in [3.63, 3.8) is 0 Å². The summed E-state index contributed by atoms with van der Waals surface area (Å²) in [5.41, 5.74) is 6.25. The molecule has 0 bridgehead atoms. The molecule has 1 aromatic heterocycles. The van der Waals surface area contributed by atoms with Crippen molar-refractivity contribution in [3.05, 3.63) is 42.5 Å². The fourth-order valence-corrected chi connectivity index (χ4v) is 1.42. The number of amidine groups is 1. The van der Waals surface area contributed by atoms with Crippen LogP contribution in [0.25, 0.3) is 5.69 Å². The van der Waals surface area contributed by atoms with E-state index < -0.39 is 5.82 Å². The van der Waals surface area contributed by atoms with Crippen LogP contribution in [0.15, 0.2) is 41.7 Å². The van der Waals surface area contributed by atoms with E-state index in [1.807, 2.05) is 0 Å². The van der Waals surface area contributed by atoms with Gasteiger partial charge in [-0.2, -0.15) is 5.10 Å². The van der Waals surface area contributed by atoms with Gasteiger partial charge in [-0.05, 0) is 18.2 Å². The molecule has 0 aliphatic rings. The van der Waals surface area contributed by atoms with E-state index in [2.05, 4.69) is 10.1 Å². The summed E-state index contributed by atoms with van der Waals surface area (Å²) < 4.78 is 15.2. The molecule has 0 saturated heterocycles. The first-order valence-electron chi connectivity index (χ1n) is 4.89. The minimum absolute atomic E-state index is 0.114. The Morgan fingerprint density at radius 1 is 1.53 bits per heavy atom. The zero-order valence-electron chi connectivity index (χ0n) is 8.85. The van der Waals surface area contributed by atoms with E-state index in [-0.39, 0.29) is 11.7 Å². The molecule has 88 valence electrons. The van der Waals surface area contributed by atoms with E-state index in [1.165, 1.54) is 10.7 Å². The number of nitrogens with zero attached hydrogens (tertiary/aromatic N) is 3. The molecule has 2 N–H and O–H groups in total. The van der Waals surface area contributed by atoms with Crippen molar-refractivity contribution < 1.29 is 4.39 Å². The maximum absolute atomic E-state index is 13.8. The van der Waals surface area contributed by atoms with Crippen molar-refractivity contribution in [2.45, 2.75) is 0 Å². The first kappa shape index (κ1) is 11.6. The smallest absolute Gasteiger partial charge is 0.151 e. The van der Waals surface area contributed by atoms with E-state index >= 15 is 0 Å². The van der Waals surface area contributed by atoms with Gasteiger partial charge >= 0.3 is 0 Å². The summed E-state index contributed by atoms with van der Waals surface area (Å²) in [6.07, 6.45) is 3.24. The Balaban J connectivity index is 2.36. The number of rotatable bonds is 3. The molecule has 0 fully saturated rings. The Morgan fingerprint density at radius 2 is 2.35 bits per heavy atom. The molecular formula is C11H10ClFN4. The number of alkyl halides is 1. The van der Waals surface area contributed by atoms with E-state index in [9.17, 15) is 4.39 Å². The molecule has 4 nitrogen and oxygen atoms in total. The second-order valence-corrected chi connectivity index (χ2v) is 3.59. The summed E-state index contributed by atoms with van der Waals surface area (Å²) in [6.45, 7) is 0. The van der Waals surface area contributed by atoms with Gasteiger partial charge in [-0.3, -0.25) is 0 Å². The van der Waals surface area contributed by atoms with Gasteiger partial charge in [0.25, 0.3) is 0 Å². The number of hydrogen-bond donors (Lipinski definition) is 1. The zero-order valence-corrected chi connectivity index (χ0v) is 9.60. The molecule has 0 radical (unpaired) electrons. The van der Waals surface area contributed by atoms with Crippen molar-refractivity contribution in [2.24, 2.45) is 10.7 Å². The van der Waals surface area contributed by atoms with Crippen LogP contribution in [0.2, 0.25) is 0 Å². The third-order valence-corrected chi connectivity index (χ3v) is 2.37. The Morgan fingerprint density at radius 3 is 2.94 bits per heavy atom. The molecule has 0 saturated carbocycles. The Bertz CT molecular complexity index is 536. The van der Waals surface area contributed by atoms with Crippen LogP contribution in [0.4, 0.5) is 10.1 Å². The molecule has 0 aliphatic carbocycles. The summed E-state index contributed by atoms with van der Waals surface area (Å²) >= 11 is 5.49. The molecule has 0 aliphatic heterocycles. The molecule has 2 rings (SSSR count). The molecule has 0 spiro atoms. The molecule has 17 heavy (non-hydrogen) atoms. The highest BCUT2D eigenvalue weighted by Gasteiger charge is 2.05. The second kappa shape index (κ2) is 4.97. The van der Waals surface area contributed by atoms with E-state index in [0.717, 1.165) is 0 Å². The van der Waals surface area contributed by atoms with Crippen LogP contribution in [0, 0.1) is 5.82 Å². The third kappa shape index (κ3) is 2.62. The largest absolute Gasteiger partial charge is 0.386 e. The lowest BCUT2D eigenvalue weighted by Crippen LogP contribution is -2.12. The fourth-order valence-electron chi connectivity index (χ4n) is 1.36. The van der Waals surface area contributed by atoms with Crippen LogP contribution in [0.1, 0.15) is 0 Å². The first-order chi connectivity index (χ1) is 8.20. The van der Waals surface area contributed by atoms with Crippen LogP contribution in [-0.2, 0) is 0 Å². The van der Waals surface area contributed by atoms with Gasteiger partial charge in [0.15, 0.2) is 5.82 Å². The van der Waals surface area contributed by atoms with Crippen LogP contribution in [0.5, 0.6) is 0 Å². The summed E-state index contributed by atoms with van der Waals surface area (Å²) in [4.78, 5) is 3.95. The van der Waals surface area contributed by atoms with Crippen molar-refractivity contribution in [2.75, 3.05) is 5.88 Å². The predicted octanol–water partition coefficient (Wildman–Crippen LogP) is 2.24. The van der Waals surface area contributed by atoms with Gasteiger partial charge in [0, 0.05) is 18.5 Å². The first-order valence-corrected chi connectivity index (χ1v) is 5.42. The number of aliphatic imine (C=N–C) groups is 1.